The Labute approximate surface area is 151 Å². The molecule has 4 heteroatoms. The highest BCUT2D eigenvalue weighted by Crippen LogP contribution is 2.27. The lowest BCUT2D eigenvalue weighted by Crippen LogP contribution is -2.44. The fourth-order valence-corrected chi connectivity index (χ4v) is 3.35. The average molecular weight is 339 g/mol. The van der Waals surface area contributed by atoms with Crippen LogP contribution in [0.3, 0.4) is 0 Å². The SMILES string of the molecule is Cc1cc(N2CCN(C)CC2)ccc1NC(C)c1cccc(CO)c1. The number of hydrogen-bond acceptors (Lipinski definition) is 4. The van der Waals surface area contributed by atoms with Crippen molar-refractivity contribution in [1.29, 1.82) is 0 Å². The molecule has 1 atom stereocenters. The predicted molar refractivity (Wildman–Crippen MR) is 105 cm³/mol. The molecule has 25 heavy (non-hydrogen) atoms. The minimum atomic E-state index is 0.0826. The van der Waals surface area contributed by atoms with Crippen LogP contribution in [0, 0.1) is 6.92 Å². The quantitative estimate of drug-likeness (QED) is 0.876. The lowest BCUT2D eigenvalue weighted by molar-refractivity contribution is 0.281. The molecule has 1 heterocycles. The van der Waals surface area contributed by atoms with Crippen molar-refractivity contribution >= 4 is 11.4 Å². The van der Waals surface area contributed by atoms with E-state index in [1.807, 2.05) is 12.1 Å². The molecule has 0 spiro atoms. The smallest absolute Gasteiger partial charge is 0.0681 e. The average Bonchev–Trinajstić information content (AvgIpc) is 2.64. The van der Waals surface area contributed by atoms with Gasteiger partial charge in [0.05, 0.1) is 6.61 Å². The Hall–Kier alpha value is -2.04. The van der Waals surface area contributed by atoms with Crippen LogP contribution in [-0.4, -0.2) is 43.2 Å². The van der Waals surface area contributed by atoms with Crippen molar-refractivity contribution in [3.8, 4) is 0 Å². The Morgan fingerprint density at radius 2 is 1.84 bits per heavy atom. The maximum Gasteiger partial charge on any atom is 0.0681 e. The molecule has 1 aliphatic rings. The summed E-state index contributed by atoms with van der Waals surface area (Å²) in [5, 5.41) is 12.9. The van der Waals surface area contributed by atoms with Crippen LogP contribution >= 0.6 is 0 Å². The minimum absolute atomic E-state index is 0.0826. The number of rotatable bonds is 5. The van der Waals surface area contributed by atoms with Crippen molar-refractivity contribution in [3.63, 3.8) is 0 Å². The molecule has 0 bridgehead atoms. The lowest BCUT2D eigenvalue weighted by atomic mass is 10.0. The Morgan fingerprint density at radius 1 is 1.08 bits per heavy atom. The molecule has 1 fully saturated rings. The van der Waals surface area contributed by atoms with E-state index >= 15 is 0 Å². The number of likely N-dealkylation sites (N-methyl/N-ethyl adjacent to an activating group) is 1. The second-order valence-electron chi connectivity index (χ2n) is 7.06. The van der Waals surface area contributed by atoms with Gasteiger partial charge in [-0.15, -0.1) is 0 Å². The van der Waals surface area contributed by atoms with Gasteiger partial charge in [-0.2, -0.15) is 0 Å². The number of aliphatic hydroxyl groups is 1. The molecule has 1 saturated heterocycles. The highest BCUT2D eigenvalue weighted by atomic mass is 16.3. The van der Waals surface area contributed by atoms with Crippen molar-refractivity contribution in [1.82, 2.24) is 4.90 Å². The van der Waals surface area contributed by atoms with Crippen molar-refractivity contribution in [3.05, 3.63) is 59.2 Å². The summed E-state index contributed by atoms with van der Waals surface area (Å²) in [4.78, 5) is 4.84. The number of anilines is 2. The summed E-state index contributed by atoms with van der Waals surface area (Å²) in [6.45, 7) is 8.83. The summed E-state index contributed by atoms with van der Waals surface area (Å²) >= 11 is 0. The number of aliphatic hydroxyl groups excluding tert-OH is 1. The molecule has 4 nitrogen and oxygen atoms in total. The summed E-state index contributed by atoms with van der Waals surface area (Å²) in [5.41, 5.74) is 5.88. The van der Waals surface area contributed by atoms with Gasteiger partial charge in [0.25, 0.3) is 0 Å². The first-order chi connectivity index (χ1) is 12.1. The highest BCUT2D eigenvalue weighted by molar-refractivity contribution is 5.61. The van der Waals surface area contributed by atoms with Crippen LogP contribution in [0.2, 0.25) is 0 Å². The maximum atomic E-state index is 9.32. The van der Waals surface area contributed by atoms with Crippen LogP contribution in [0.4, 0.5) is 11.4 Å². The fraction of sp³-hybridized carbons (Fsp3) is 0.429. The molecule has 2 aromatic rings. The van der Waals surface area contributed by atoms with Gasteiger partial charge in [-0.05, 0) is 55.8 Å². The molecule has 0 aliphatic carbocycles. The van der Waals surface area contributed by atoms with Crippen LogP contribution in [0.15, 0.2) is 42.5 Å². The Morgan fingerprint density at radius 3 is 2.52 bits per heavy atom. The summed E-state index contributed by atoms with van der Waals surface area (Å²) in [7, 11) is 2.18. The second-order valence-corrected chi connectivity index (χ2v) is 7.06. The number of piperazine rings is 1. The first-order valence-electron chi connectivity index (χ1n) is 9.07. The molecule has 2 aromatic carbocycles. The van der Waals surface area contributed by atoms with Crippen LogP contribution in [-0.2, 0) is 6.61 Å². The van der Waals surface area contributed by atoms with Crippen LogP contribution in [0.1, 0.15) is 29.7 Å². The molecular weight excluding hydrogens is 310 g/mol. The van der Waals surface area contributed by atoms with Crippen molar-refractivity contribution < 1.29 is 5.11 Å². The maximum absolute atomic E-state index is 9.32. The van der Waals surface area contributed by atoms with Crippen molar-refractivity contribution in [2.24, 2.45) is 0 Å². The van der Waals surface area contributed by atoms with E-state index in [0.717, 1.165) is 31.7 Å². The van der Waals surface area contributed by atoms with E-state index in [4.69, 9.17) is 0 Å². The number of aryl methyl sites for hydroxylation is 1. The molecule has 0 saturated carbocycles. The number of nitrogens with zero attached hydrogens (tertiary/aromatic N) is 2. The molecule has 3 rings (SSSR count). The zero-order valence-electron chi connectivity index (χ0n) is 15.5. The van der Waals surface area contributed by atoms with Gasteiger partial charge in [0.1, 0.15) is 0 Å². The van der Waals surface area contributed by atoms with Gasteiger partial charge in [-0.1, -0.05) is 24.3 Å². The largest absolute Gasteiger partial charge is 0.392 e. The van der Waals surface area contributed by atoms with E-state index < -0.39 is 0 Å². The third-order valence-corrected chi connectivity index (χ3v) is 5.08. The van der Waals surface area contributed by atoms with Gasteiger partial charge in [0, 0.05) is 43.6 Å². The number of benzene rings is 2. The van der Waals surface area contributed by atoms with Gasteiger partial charge in [0.2, 0.25) is 0 Å². The summed E-state index contributed by atoms with van der Waals surface area (Å²) in [6.07, 6.45) is 0. The number of hydrogen-bond donors (Lipinski definition) is 2. The predicted octanol–water partition coefficient (Wildman–Crippen LogP) is 3.41. The van der Waals surface area contributed by atoms with Crippen LogP contribution < -0.4 is 10.2 Å². The summed E-state index contributed by atoms with van der Waals surface area (Å²) in [6, 6.07) is 15.0. The third kappa shape index (κ3) is 4.33. The monoisotopic (exact) mass is 339 g/mol. The Balaban J connectivity index is 1.70. The molecule has 1 aliphatic heterocycles. The van der Waals surface area contributed by atoms with Gasteiger partial charge in [-0.3, -0.25) is 0 Å². The van der Waals surface area contributed by atoms with Crippen molar-refractivity contribution in [2.75, 3.05) is 43.4 Å². The van der Waals surface area contributed by atoms with E-state index in [-0.39, 0.29) is 12.6 Å². The fourth-order valence-electron chi connectivity index (χ4n) is 3.35. The molecule has 2 N–H and O–H groups in total. The molecule has 0 radical (unpaired) electrons. The molecule has 134 valence electrons. The number of nitrogens with one attached hydrogen (secondary N) is 1. The third-order valence-electron chi connectivity index (χ3n) is 5.08. The zero-order valence-corrected chi connectivity index (χ0v) is 15.5. The molecule has 0 amide bonds. The Bertz CT molecular complexity index is 708. The molecular formula is C21H29N3O. The minimum Gasteiger partial charge on any atom is -0.392 e. The topological polar surface area (TPSA) is 38.7 Å². The van der Waals surface area contributed by atoms with Crippen molar-refractivity contribution in [2.45, 2.75) is 26.5 Å². The summed E-state index contributed by atoms with van der Waals surface area (Å²) in [5.74, 6) is 0. The zero-order chi connectivity index (χ0) is 17.8. The van der Waals surface area contributed by atoms with Crippen LogP contribution in [0.5, 0.6) is 0 Å². The van der Waals surface area contributed by atoms with Gasteiger partial charge in [0.15, 0.2) is 0 Å². The lowest BCUT2D eigenvalue weighted by Gasteiger charge is -2.34. The Kier molecular flexibility index (Phi) is 5.61. The van der Waals surface area contributed by atoms with E-state index in [1.54, 1.807) is 0 Å². The van der Waals surface area contributed by atoms with Gasteiger partial charge in [-0.25, -0.2) is 0 Å². The van der Waals surface area contributed by atoms with E-state index in [2.05, 4.69) is 66.3 Å². The first kappa shape index (κ1) is 17.8. The van der Waals surface area contributed by atoms with Gasteiger partial charge < -0.3 is 20.2 Å². The normalized spacial score (nSPS) is 16.7. The second kappa shape index (κ2) is 7.89. The van der Waals surface area contributed by atoms with E-state index in [0.29, 0.717) is 0 Å². The molecule has 1 unspecified atom stereocenters. The summed E-state index contributed by atoms with van der Waals surface area (Å²) < 4.78 is 0. The van der Waals surface area contributed by atoms with E-state index in [9.17, 15) is 5.11 Å². The first-order valence-corrected chi connectivity index (χ1v) is 9.07. The highest BCUT2D eigenvalue weighted by Gasteiger charge is 2.15. The van der Waals surface area contributed by atoms with Gasteiger partial charge >= 0.3 is 0 Å². The molecule has 0 aromatic heterocycles. The standard InChI is InChI=1S/C21H29N3O/c1-16-13-20(24-11-9-23(3)10-12-24)7-8-21(16)22-17(2)19-6-4-5-18(14-19)15-25/h4-8,13-14,17,22,25H,9-12,15H2,1-3H3. The van der Waals surface area contributed by atoms with Crippen LogP contribution in [0.25, 0.3) is 0 Å². The van der Waals surface area contributed by atoms with E-state index in [1.165, 1.54) is 22.5 Å².